The molecule has 0 saturated heterocycles. The molecule has 0 aliphatic carbocycles. The van der Waals surface area contributed by atoms with Gasteiger partial charge in [0, 0.05) is 24.1 Å². The van der Waals surface area contributed by atoms with E-state index in [2.05, 4.69) is 15.0 Å². The minimum Gasteiger partial charge on any atom is -0.435 e. The van der Waals surface area contributed by atoms with E-state index >= 15 is 0 Å². The Morgan fingerprint density at radius 2 is 2.28 bits per heavy atom. The fourth-order valence-corrected chi connectivity index (χ4v) is 1.32. The van der Waals surface area contributed by atoms with Crippen LogP contribution in [-0.2, 0) is 0 Å². The Morgan fingerprint density at radius 1 is 1.44 bits per heavy atom. The number of ether oxygens (including phenoxy) is 1. The third kappa shape index (κ3) is 3.03. The monoisotopic (exact) mass is 253 g/mol. The molecule has 0 aliphatic heterocycles. The number of halogens is 2. The molecule has 0 bridgehead atoms. The van der Waals surface area contributed by atoms with E-state index < -0.39 is 12.6 Å². The molecular formula is C11H9F2N3O2. The Balaban J connectivity index is 2.07. The van der Waals surface area contributed by atoms with Gasteiger partial charge in [0.2, 0.25) is 0 Å². The molecule has 1 N–H and O–H groups in total. The first-order valence-corrected chi connectivity index (χ1v) is 4.99. The van der Waals surface area contributed by atoms with Crippen molar-refractivity contribution in [2.75, 3.05) is 5.32 Å². The van der Waals surface area contributed by atoms with Crippen molar-refractivity contribution < 1.29 is 18.3 Å². The van der Waals surface area contributed by atoms with E-state index in [1.165, 1.54) is 41.5 Å². The van der Waals surface area contributed by atoms with Crippen LogP contribution >= 0.6 is 0 Å². The summed E-state index contributed by atoms with van der Waals surface area (Å²) in [7, 11) is 0. The Bertz CT molecular complexity index is 529. The number of rotatable bonds is 3. The molecule has 1 amide bonds. The van der Waals surface area contributed by atoms with Gasteiger partial charge in [-0.25, -0.2) is 9.78 Å². The van der Waals surface area contributed by atoms with Crippen LogP contribution in [0.3, 0.4) is 0 Å². The summed E-state index contributed by atoms with van der Waals surface area (Å²) in [6.07, 6.45) is 4.25. The van der Waals surface area contributed by atoms with Gasteiger partial charge in [-0.05, 0) is 12.1 Å². The Labute approximate surface area is 101 Å². The van der Waals surface area contributed by atoms with Crippen LogP contribution in [0, 0.1) is 0 Å². The van der Waals surface area contributed by atoms with Gasteiger partial charge in [0.15, 0.2) is 0 Å². The predicted octanol–water partition coefficient (Wildman–Crippen LogP) is 2.56. The minimum absolute atomic E-state index is 0.0200. The molecule has 18 heavy (non-hydrogen) atoms. The smallest absolute Gasteiger partial charge is 0.387 e. The van der Waals surface area contributed by atoms with Crippen molar-refractivity contribution in [1.82, 2.24) is 9.55 Å². The number of amides is 1. The quantitative estimate of drug-likeness (QED) is 0.914. The third-order valence-corrected chi connectivity index (χ3v) is 2.05. The molecule has 0 saturated carbocycles. The van der Waals surface area contributed by atoms with Gasteiger partial charge in [0.1, 0.15) is 12.1 Å². The lowest BCUT2D eigenvalue weighted by molar-refractivity contribution is -0.0497. The van der Waals surface area contributed by atoms with Gasteiger partial charge in [-0.3, -0.25) is 4.57 Å². The Hall–Kier alpha value is -2.44. The topological polar surface area (TPSA) is 56.1 Å². The van der Waals surface area contributed by atoms with E-state index in [0.29, 0.717) is 5.69 Å². The highest BCUT2D eigenvalue weighted by molar-refractivity contribution is 5.91. The number of hydrogen-bond donors (Lipinski definition) is 1. The number of nitrogens with zero attached hydrogens (tertiary/aromatic N) is 2. The van der Waals surface area contributed by atoms with E-state index in [-0.39, 0.29) is 5.75 Å². The van der Waals surface area contributed by atoms with Crippen LogP contribution in [0.5, 0.6) is 5.75 Å². The van der Waals surface area contributed by atoms with Crippen LogP contribution < -0.4 is 10.1 Å². The minimum atomic E-state index is -2.90. The largest absolute Gasteiger partial charge is 0.435 e. The maximum Gasteiger partial charge on any atom is 0.387 e. The fraction of sp³-hybridized carbons (Fsp3) is 0.0909. The number of hydrogen-bond acceptors (Lipinski definition) is 3. The summed E-state index contributed by atoms with van der Waals surface area (Å²) in [5.41, 5.74) is 0.354. The average Bonchev–Trinajstić information content (AvgIpc) is 2.81. The molecule has 1 heterocycles. The molecule has 7 heteroatoms. The zero-order chi connectivity index (χ0) is 13.0. The molecule has 2 rings (SSSR count). The van der Waals surface area contributed by atoms with E-state index in [4.69, 9.17) is 0 Å². The van der Waals surface area contributed by atoms with Crippen molar-refractivity contribution in [3.05, 3.63) is 43.0 Å². The maximum atomic E-state index is 12.0. The molecule has 5 nitrogen and oxygen atoms in total. The zero-order valence-corrected chi connectivity index (χ0v) is 9.09. The normalized spacial score (nSPS) is 10.4. The van der Waals surface area contributed by atoms with Gasteiger partial charge < -0.3 is 10.1 Å². The van der Waals surface area contributed by atoms with Crippen molar-refractivity contribution in [3.63, 3.8) is 0 Å². The lowest BCUT2D eigenvalue weighted by Gasteiger charge is -2.08. The van der Waals surface area contributed by atoms with Crippen LogP contribution in [-0.4, -0.2) is 22.2 Å². The zero-order valence-electron chi connectivity index (χ0n) is 9.09. The molecule has 0 fully saturated rings. The predicted molar refractivity (Wildman–Crippen MR) is 59.7 cm³/mol. The van der Waals surface area contributed by atoms with Gasteiger partial charge in [0.25, 0.3) is 0 Å². The lowest BCUT2D eigenvalue weighted by atomic mass is 10.3. The maximum absolute atomic E-state index is 12.0. The van der Waals surface area contributed by atoms with Crippen LogP contribution in [0.4, 0.5) is 19.3 Å². The molecule has 0 spiro atoms. The SMILES string of the molecule is O=C(Nc1cccc(OC(F)F)c1)n1ccnc1. The van der Waals surface area contributed by atoms with Crippen LogP contribution in [0.1, 0.15) is 0 Å². The molecule has 94 valence electrons. The van der Waals surface area contributed by atoms with Gasteiger partial charge >= 0.3 is 12.6 Å². The number of anilines is 1. The number of carbonyl (C=O) groups is 1. The number of benzene rings is 1. The summed E-state index contributed by atoms with van der Waals surface area (Å²) in [4.78, 5) is 15.4. The summed E-state index contributed by atoms with van der Waals surface area (Å²) in [6, 6.07) is 5.30. The van der Waals surface area contributed by atoms with Gasteiger partial charge in [-0.1, -0.05) is 6.07 Å². The van der Waals surface area contributed by atoms with Crippen LogP contribution in [0.2, 0.25) is 0 Å². The van der Waals surface area contributed by atoms with E-state index in [0.717, 1.165) is 0 Å². The highest BCUT2D eigenvalue weighted by atomic mass is 19.3. The number of carbonyl (C=O) groups excluding carboxylic acids is 1. The van der Waals surface area contributed by atoms with E-state index in [1.54, 1.807) is 6.07 Å². The molecule has 0 unspecified atom stereocenters. The van der Waals surface area contributed by atoms with Gasteiger partial charge in [-0.2, -0.15) is 8.78 Å². The standard InChI is InChI=1S/C11H9F2N3O2/c12-10(13)18-9-3-1-2-8(6-9)15-11(17)16-5-4-14-7-16/h1-7,10H,(H,15,17). The van der Waals surface area contributed by atoms with Crippen LogP contribution in [0.25, 0.3) is 0 Å². The fourth-order valence-electron chi connectivity index (χ4n) is 1.32. The van der Waals surface area contributed by atoms with E-state index in [1.807, 2.05) is 0 Å². The second-order valence-electron chi connectivity index (χ2n) is 3.31. The Kier molecular flexibility index (Phi) is 3.52. The highest BCUT2D eigenvalue weighted by Gasteiger charge is 2.07. The summed E-state index contributed by atoms with van der Waals surface area (Å²) < 4.78 is 29.5. The average molecular weight is 253 g/mol. The molecule has 0 radical (unpaired) electrons. The van der Waals surface area contributed by atoms with Crippen LogP contribution in [0.15, 0.2) is 43.0 Å². The summed E-state index contributed by atoms with van der Waals surface area (Å²) >= 11 is 0. The first kappa shape index (κ1) is 12.0. The molecular weight excluding hydrogens is 244 g/mol. The summed E-state index contributed by atoms with van der Waals surface area (Å²) in [5.74, 6) is -0.0200. The molecule has 0 atom stereocenters. The number of alkyl halides is 2. The van der Waals surface area contributed by atoms with Crippen molar-refractivity contribution in [1.29, 1.82) is 0 Å². The van der Waals surface area contributed by atoms with Crippen molar-refractivity contribution >= 4 is 11.7 Å². The first-order chi connectivity index (χ1) is 8.65. The summed E-state index contributed by atoms with van der Waals surface area (Å²) in [5, 5.41) is 2.52. The second kappa shape index (κ2) is 5.26. The molecule has 1 aromatic heterocycles. The lowest BCUT2D eigenvalue weighted by Crippen LogP contribution is -2.17. The number of imidazole rings is 1. The third-order valence-electron chi connectivity index (χ3n) is 2.05. The number of aromatic nitrogens is 2. The first-order valence-electron chi connectivity index (χ1n) is 4.99. The van der Waals surface area contributed by atoms with Crippen molar-refractivity contribution in [2.24, 2.45) is 0 Å². The highest BCUT2D eigenvalue weighted by Crippen LogP contribution is 2.19. The van der Waals surface area contributed by atoms with E-state index in [9.17, 15) is 13.6 Å². The summed E-state index contributed by atoms with van der Waals surface area (Å²) in [6.45, 7) is -2.90. The molecule has 1 aromatic carbocycles. The van der Waals surface area contributed by atoms with Crippen molar-refractivity contribution in [3.8, 4) is 5.75 Å². The molecule has 2 aromatic rings. The van der Waals surface area contributed by atoms with Crippen molar-refractivity contribution in [2.45, 2.75) is 6.61 Å². The number of nitrogens with one attached hydrogen (secondary N) is 1. The van der Waals surface area contributed by atoms with Gasteiger partial charge in [-0.15, -0.1) is 0 Å². The molecule has 0 aliphatic rings. The second-order valence-corrected chi connectivity index (χ2v) is 3.31. The Morgan fingerprint density at radius 3 is 2.94 bits per heavy atom. The van der Waals surface area contributed by atoms with Gasteiger partial charge in [0.05, 0.1) is 0 Å².